The third kappa shape index (κ3) is 1.40. The van der Waals surface area contributed by atoms with Crippen LogP contribution >= 0.6 is 0 Å². The van der Waals surface area contributed by atoms with E-state index in [1.54, 1.807) is 7.05 Å². The van der Waals surface area contributed by atoms with Crippen LogP contribution in [-0.4, -0.2) is 48.7 Å². The largest absolute Gasteiger partial charge is 0.305 e. The average Bonchev–Trinajstić information content (AvgIpc) is 2.42. The minimum Gasteiger partial charge on any atom is -0.305 e. The van der Waals surface area contributed by atoms with Gasteiger partial charge in [-0.05, 0) is 13.5 Å². The number of nitrogens with zero attached hydrogens (tertiary/aromatic N) is 3. The second-order valence-corrected chi connectivity index (χ2v) is 4.44. The van der Waals surface area contributed by atoms with E-state index in [1.165, 1.54) is 5.01 Å². The van der Waals surface area contributed by atoms with E-state index in [0.29, 0.717) is 6.42 Å². The second kappa shape index (κ2) is 3.45. The highest BCUT2D eigenvalue weighted by Crippen LogP contribution is 2.37. The molecule has 1 fully saturated rings. The van der Waals surface area contributed by atoms with Crippen molar-refractivity contribution >= 4 is 11.6 Å². The van der Waals surface area contributed by atoms with Gasteiger partial charge in [-0.15, -0.1) is 6.58 Å². The molecular weight excluding hydrogens is 190 g/mol. The maximum Gasteiger partial charge on any atom is 0.255 e. The van der Waals surface area contributed by atoms with Crippen LogP contribution in [0.15, 0.2) is 17.8 Å². The van der Waals surface area contributed by atoms with Crippen molar-refractivity contribution in [1.82, 2.24) is 9.91 Å². The molecule has 15 heavy (non-hydrogen) atoms. The molecular formula is C11H17N3O. The predicted octanol–water partition coefficient (Wildman–Crippen LogP) is 0.712. The van der Waals surface area contributed by atoms with Gasteiger partial charge in [-0.3, -0.25) is 4.79 Å². The molecule has 0 aromatic carbocycles. The Labute approximate surface area is 90.2 Å². The van der Waals surface area contributed by atoms with Crippen LogP contribution in [0.4, 0.5) is 0 Å². The Morgan fingerprint density at radius 3 is 3.00 bits per heavy atom. The van der Waals surface area contributed by atoms with Crippen LogP contribution in [0.2, 0.25) is 0 Å². The van der Waals surface area contributed by atoms with Gasteiger partial charge in [0.15, 0.2) is 0 Å². The Morgan fingerprint density at radius 2 is 2.33 bits per heavy atom. The van der Waals surface area contributed by atoms with E-state index in [1.807, 2.05) is 13.1 Å². The van der Waals surface area contributed by atoms with Gasteiger partial charge in [0.25, 0.3) is 5.91 Å². The van der Waals surface area contributed by atoms with Gasteiger partial charge < -0.3 is 4.90 Å². The highest BCUT2D eigenvalue weighted by atomic mass is 16.2. The Bertz CT molecular complexity index is 337. The monoisotopic (exact) mass is 207 g/mol. The minimum atomic E-state index is -0.413. The standard InChI is InChI=1S/C11H17N3O/c1-4-6-11-8-13(2)7-5-9(11)12-14(3)10(11)15/h4H,1,5-8H2,2-3H3. The first kappa shape index (κ1) is 10.4. The molecule has 2 aliphatic rings. The van der Waals surface area contributed by atoms with E-state index >= 15 is 0 Å². The van der Waals surface area contributed by atoms with Crippen molar-refractivity contribution in [3.05, 3.63) is 12.7 Å². The Morgan fingerprint density at radius 1 is 1.60 bits per heavy atom. The first-order valence-electron chi connectivity index (χ1n) is 5.26. The van der Waals surface area contributed by atoms with Crippen molar-refractivity contribution in [2.24, 2.45) is 10.5 Å². The first-order chi connectivity index (χ1) is 7.10. The quantitative estimate of drug-likeness (QED) is 0.625. The number of piperidine rings is 1. The minimum absolute atomic E-state index is 0.115. The molecule has 0 bridgehead atoms. The van der Waals surface area contributed by atoms with Crippen LogP contribution in [0, 0.1) is 5.41 Å². The van der Waals surface area contributed by atoms with Crippen LogP contribution in [0.5, 0.6) is 0 Å². The lowest BCUT2D eigenvalue weighted by molar-refractivity contribution is -0.135. The molecule has 82 valence electrons. The van der Waals surface area contributed by atoms with Crippen LogP contribution in [0.1, 0.15) is 12.8 Å². The zero-order chi connectivity index (χ0) is 11.1. The Hall–Kier alpha value is -1.16. The lowest BCUT2D eigenvalue weighted by Crippen LogP contribution is -2.51. The van der Waals surface area contributed by atoms with Crippen molar-refractivity contribution in [2.45, 2.75) is 12.8 Å². The van der Waals surface area contributed by atoms with E-state index in [9.17, 15) is 4.79 Å². The number of likely N-dealkylation sites (tertiary alicyclic amines) is 1. The maximum absolute atomic E-state index is 12.1. The number of hydrogen-bond acceptors (Lipinski definition) is 3. The third-order valence-electron chi connectivity index (χ3n) is 3.29. The lowest BCUT2D eigenvalue weighted by atomic mass is 9.75. The highest BCUT2D eigenvalue weighted by Gasteiger charge is 2.51. The summed E-state index contributed by atoms with van der Waals surface area (Å²) >= 11 is 0. The fourth-order valence-corrected chi connectivity index (χ4v) is 2.56. The fourth-order valence-electron chi connectivity index (χ4n) is 2.56. The number of fused-ring (bicyclic) bond motifs is 1. The zero-order valence-corrected chi connectivity index (χ0v) is 9.36. The van der Waals surface area contributed by atoms with Crippen LogP contribution in [0.3, 0.4) is 0 Å². The summed E-state index contributed by atoms with van der Waals surface area (Å²) in [5.41, 5.74) is 0.622. The summed E-state index contributed by atoms with van der Waals surface area (Å²) in [6.07, 6.45) is 3.41. The normalized spacial score (nSPS) is 31.5. The smallest absolute Gasteiger partial charge is 0.255 e. The summed E-state index contributed by atoms with van der Waals surface area (Å²) in [6.45, 7) is 5.50. The van der Waals surface area contributed by atoms with Crippen molar-refractivity contribution in [1.29, 1.82) is 0 Å². The maximum atomic E-state index is 12.1. The van der Waals surface area contributed by atoms with Crippen LogP contribution in [-0.2, 0) is 4.79 Å². The van der Waals surface area contributed by atoms with E-state index in [4.69, 9.17) is 0 Å². The van der Waals surface area contributed by atoms with E-state index < -0.39 is 5.41 Å². The predicted molar refractivity (Wildman–Crippen MR) is 59.6 cm³/mol. The molecule has 0 spiro atoms. The fraction of sp³-hybridized carbons (Fsp3) is 0.636. The number of hydrazone groups is 1. The average molecular weight is 207 g/mol. The van der Waals surface area contributed by atoms with Crippen molar-refractivity contribution < 1.29 is 4.79 Å². The molecule has 1 atom stereocenters. The van der Waals surface area contributed by atoms with Gasteiger partial charge in [0.05, 0.1) is 5.71 Å². The summed E-state index contributed by atoms with van der Waals surface area (Å²) in [6, 6.07) is 0. The molecule has 4 heteroatoms. The molecule has 2 rings (SSSR count). The van der Waals surface area contributed by atoms with Crippen molar-refractivity contribution in [2.75, 3.05) is 27.2 Å². The lowest BCUT2D eigenvalue weighted by Gasteiger charge is -2.36. The van der Waals surface area contributed by atoms with Gasteiger partial charge in [-0.1, -0.05) is 6.08 Å². The molecule has 1 saturated heterocycles. The zero-order valence-electron chi connectivity index (χ0n) is 9.36. The second-order valence-electron chi connectivity index (χ2n) is 4.44. The molecule has 4 nitrogen and oxygen atoms in total. The number of carbonyl (C=O) groups is 1. The number of carbonyl (C=O) groups excluding carboxylic acids is 1. The summed E-state index contributed by atoms with van der Waals surface area (Å²) in [5, 5.41) is 5.83. The summed E-state index contributed by atoms with van der Waals surface area (Å²) in [5.74, 6) is 0.115. The molecule has 0 aliphatic carbocycles. The summed E-state index contributed by atoms with van der Waals surface area (Å²) in [7, 11) is 3.78. The SMILES string of the molecule is C=CCC12CN(C)CCC1=NN(C)C2=O. The number of hydrogen-bond donors (Lipinski definition) is 0. The molecule has 0 aromatic rings. The topological polar surface area (TPSA) is 35.9 Å². The van der Waals surface area contributed by atoms with E-state index in [0.717, 1.165) is 25.2 Å². The molecule has 0 radical (unpaired) electrons. The van der Waals surface area contributed by atoms with Gasteiger partial charge in [-0.25, -0.2) is 5.01 Å². The number of allylic oxidation sites excluding steroid dienone is 1. The van der Waals surface area contributed by atoms with Crippen molar-refractivity contribution in [3.8, 4) is 0 Å². The van der Waals surface area contributed by atoms with Gasteiger partial charge in [-0.2, -0.15) is 5.10 Å². The van der Waals surface area contributed by atoms with Crippen LogP contribution in [0.25, 0.3) is 0 Å². The highest BCUT2D eigenvalue weighted by molar-refractivity contribution is 6.13. The molecule has 1 unspecified atom stereocenters. The van der Waals surface area contributed by atoms with Gasteiger partial charge in [0, 0.05) is 26.6 Å². The molecule has 1 amide bonds. The van der Waals surface area contributed by atoms with Crippen molar-refractivity contribution in [3.63, 3.8) is 0 Å². The molecule has 0 N–H and O–H groups in total. The molecule has 0 saturated carbocycles. The molecule has 0 aromatic heterocycles. The third-order valence-corrected chi connectivity index (χ3v) is 3.29. The Balaban J connectivity index is 2.37. The van der Waals surface area contributed by atoms with Crippen LogP contribution < -0.4 is 0 Å². The van der Waals surface area contributed by atoms with Gasteiger partial charge in [0.1, 0.15) is 5.41 Å². The molecule has 2 aliphatic heterocycles. The first-order valence-corrected chi connectivity index (χ1v) is 5.26. The van der Waals surface area contributed by atoms with E-state index in [2.05, 4.69) is 16.6 Å². The summed E-state index contributed by atoms with van der Waals surface area (Å²) < 4.78 is 0. The van der Waals surface area contributed by atoms with Gasteiger partial charge in [0.2, 0.25) is 0 Å². The van der Waals surface area contributed by atoms with Gasteiger partial charge >= 0.3 is 0 Å². The Kier molecular flexibility index (Phi) is 2.38. The summed E-state index contributed by atoms with van der Waals surface area (Å²) in [4.78, 5) is 14.3. The van der Waals surface area contributed by atoms with E-state index in [-0.39, 0.29) is 5.91 Å². The number of amides is 1. The number of rotatable bonds is 2. The molecule has 2 heterocycles.